The van der Waals surface area contributed by atoms with Gasteiger partial charge >= 0.3 is 6.18 Å². The highest BCUT2D eigenvalue weighted by molar-refractivity contribution is 8.00. The van der Waals surface area contributed by atoms with Gasteiger partial charge in [0.15, 0.2) is 4.34 Å². The second-order valence-corrected chi connectivity index (χ2v) is 8.76. The minimum atomic E-state index is -4.25. The molecule has 0 radical (unpaired) electrons. The molecular formula is C18H17F3N4OS2. The standard InChI is InChI=1S/C18H17F3N4OS2/c19-18(20,21)14-3-1-2-13(8-14)15(26)23-16-24-25-17(28-16)27-10-12-6-4-11(9-22)5-7-12/h4-7,13-14H,1-3,8,10H2,(H,23,24,26)/t13-,14-/m0/s1. The average Bonchev–Trinajstić information content (AvgIpc) is 3.13. The zero-order chi connectivity index (χ0) is 20.1. The first-order valence-corrected chi connectivity index (χ1v) is 10.5. The maximum Gasteiger partial charge on any atom is 0.391 e. The SMILES string of the molecule is N#Cc1ccc(CSc2nnc(NC(=O)[C@H]3CCC[C@H](C(F)(F)F)C3)s2)cc1. The van der Waals surface area contributed by atoms with Gasteiger partial charge in [0.1, 0.15) is 0 Å². The lowest BCUT2D eigenvalue weighted by atomic mass is 9.80. The molecule has 1 aliphatic carbocycles. The maximum absolute atomic E-state index is 12.9. The van der Waals surface area contributed by atoms with E-state index in [1.165, 1.54) is 23.1 Å². The van der Waals surface area contributed by atoms with E-state index < -0.39 is 23.9 Å². The third-order valence-electron chi connectivity index (χ3n) is 4.59. The molecule has 2 atom stereocenters. The number of rotatable bonds is 5. The zero-order valence-electron chi connectivity index (χ0n) is 14.7. The van der Waals surface area contributed by atoms with Crippen molar-refractivity contribution in [3.05, 3.63) is 35.4 Å². The number of aromatic nitrogens is 2. The molecule has 1 fully saturated rings. The molecule has 1 aromatic heterocycles. The summed E-state index contributed by atoms with van der Waals surface area (Å²) in [6.45, 7) is 0. The van der Waals surface area contributed by atoms with E-state index in [1.807, 2.05) is 12.1 Å². The Morgan fingerprint density at radius 3 is 2.71 bits per heavy atom. The van der Waals surface area contributed by atoms with E-state index in [2.05, 4.69) is 21.6 Å². The number of nitrogens with zero attached hydrogens (tertiary/aromatic N) is 3. The molecule has 2 aromatic rings. The van der Waals surface area contributed by atoms with Gasteiger partial charge in [0.25, 0.3) is 0 Å². The first kappa shape index (κ1) is 20.6. The van der Waals surface area contributed by atoms with Crippen molar-refractivity contribution in [2.75, 3.05) is 5.32 Å². The molecule has 3 rings (SSSR count). The number of thioether (sulfide) groups is 1. The van der Waals surface area contributed by atoms with Crippen LogP contribution in [0.1, 0.15) is 36.8 Å². The molecule has 0 saturated heterocycles. The number of anilines is 1. The van der Waals surface area contributed by atoms with E-state index in [0.29, 0.717) is 33.6 Å². The van der Waals surface area contributed by atoms with Gasteiger partial charge in [-0.25, -0.2) is 0 Å². The van der Waals surface area contributed by atoms with Crippen molar-refractivity contribution < 1.29 is 18.0 Å². The van der Waals surface area contributed by atoms with Crippen molar-refractivity contribution >= 4 is 34.1 Å². The van der Waals surface area contributed by atoms with Crippen LogP contribution >= 0.6 is 23.1 Å². The molecule has 1 aromatic carbocycles. The van der Waals surface area contributed by atoms with Gasteiger partial charge in [0.05, 0.1) is 17.6 Å². The van der Waals surface area contributed by atoms with Crippen molar-refractivity contribution in [2.45, 2.75) is 42.0 Å². The molecule has 28 heavy (non-hydrogen) atoms. The minimum Gasteiger partial charge on any atom is -0.300 e. The van der Waals surface area contributed by atoms with Crippen LogP contribution in [0.15, 0.2) is 28.6 Å². The van der Waals surface area contributed by atoms with Crippen molar-refractivity contribution in [3.63, 3.8) is 0 Å². The van der Waals surface area contributed by atoms with E-state index in [4.69, 9.17) is 5.26 Å². The Kier molecular flexibility index (Phi) is 6.57. The normalized spacial score (nSPS) is 19.8. The molecule has 1 amide bonds. The summed E-state index contributed by atoms with van der Waals surface area (Å²) in [5, 5.41) is 19.6. The van der Waals surface area contributed by atoms with E-state index >= 15 is 0 Å². The van der Waals surface area contributed by atoms with Gasteiger partial charge in [-0.15, -0.1) is 10.2 Å². The molecular weight excluding hydrogens is 409 g/mol. The number of benzene rings is 1. The Bertz CT molecular complexity index is 861. The predicted molar refractivity (Wildman–Crippen MR) is 101 cm³/mol. The first-order valence-electron chi connectivity index (χ1n) is 8.68. The van der Waals surface area contributed by atoms with Crippen molar-refractivity contribution in [3.8, 4) is 6.07 Å². The molecule has 0 aliphatic heterocycles. The molecule has 148 valence electrons. The Morgan fingerprint density at radius 1 is 1.29 bits per heavy atom. The highest BCUT2D eigenvalue weighted by Crippen LogP contribution is 2.40. The number of nitriles is 1. The van der Waals surface area contributed by atoms with Gasteiger partial charge in [-0.2, -0.15) is 18.4 Å². The van der Waals surface area contributed by atoms with Crippen LogP contribution in [-0.2, 0) is 10.5 Å². The number of hydrogen-bond acceptors (Lipinski definition) is 6. The Hall–Kier alpha value is -2.12. The molecule has 1 saturated carbocycles. The minimum absolute atomic E-state index is 0.0855. The Morgan fingerprint density at radius 2 is 2.04 bits per heavy atom. The van der Waals surface area contributed by atoms with Crippen molar-refractivity contribution in [1.29, 1.82) is 5.26 Å². The smallest absolute Gasteiger partial charge is 0.300 e. The van der Waals surface area contributed by atoms with Crippen LogP contribution in [0.25, 0.3) is 0 Å². The fourth-order valence-corrected chi connectivity index (χ4v) is 4.78. The van der Waals surface area contributed by atoms with Crippen LogP contribution < -0.4 is 5.32 Å². The lowest BCUT2D eigenvalue weighted by molar-refractivity contribution is -0.185. The fraction of sp³-hybridized carbons (Fsp3) is 0.444. The number of nitrogens with one attached hydrogen (secondary N) is 1. The Balaban J connectivity index is 1.52. The number of carbonyl (C=O) groups is 1. The second-order valence-electron chi connectivity index (χ2n) is 6.56. The van der Waals surface area contributed by atoms with Gasteiger partial charge in [0, 0.05) is 11.7 Å². The predicted octanol–water partition coefficient (Wildman–Crippen LogP) is 5.01. The summed E-state index contributed by atoms with van der Waals surface area (Å²) in [5.41, 5.74) is 1.61. The number of alkyl halides is 3. The largest absolute Gasteiger partial charge is 0.391 e. The third kappa shape index (κ3) is 5.45. The number of carbonyl (C=O) groups excluding carboxylic acids is 1. The number of hydrogen-bond donors (Lipinski definition) is 1. The Labute approximate surface area is 168 Å². The summed E-state index contributed by atoms with van der Waals surface area (Å²) in [7, 11) is 0. The van der Waals surface area contributed by atoms with Gasteiger partial charge < -0.3 is 5.32 Å². The van der Waals surface area contributed by atoms with Gasteiger partial charge in [-0.05, 0) is 37.0 Å². The summed E-state index contributed by atoms with van der Waals surface area (Å²) in [4.78, 5) is 12.3. The van der Waals surface area contributed by atoms with Crippen LogP contribution in [-0.4, -0.2) is 22.3 Å². The molecule has 0 spiro atoms. The first-order chi connectivity index (χ1) is 13.3. The third-order valence-corrected chi connectivity index (χ3v) is 6.63. The summed E-state index contributed by atoms with van der Waals surface area (Å²) in [6, 6.07) is 9.24. The molecule has 0 bridgehead atoms. The van der Waals surface area contributed by atoms with Crippen LogP contribution in [0.4, 0.5) is 18.3 Å². The number of halogens is 3. The van der Waals surface area contributed by atoms with Gasteiger partial charge in [-0.3, -0.25) is 4.79 Å². The van der Waals surface area contributed by atoms with E-state index in [1.54, 1.807) is 12.1 Å². The zero-order valence-corrected chi connectivity index (χ0v) is 16.3. The quantitative estimate of drug-likeness (QED) is 0.537. The molecule has 5 nitrogen and oxygen atoms in total. The van der Waals surface area contributed by atoms with Crippen LogP contribution in [0, 0.1) is 23.2 Å². The van der Waals surface area contributed by atoms with Crippen LogP contribution in [0.5, 0.6) is 0 Å². The topological polar surface area (TPSA) is 78.7 Å². The van der Waals surface area contributed by atoms with Crippen molar-refractivity contribution in [2.24, 2.45) is 11.8 Å². The lowest BCUT2D eigenvalue weighted by Gasteiger charge is -2.29. The van der Waals surface area contributed by atoms with Crippen LogP contribution in [0.2, 0.25) is 0 Å². The highest BCUT2D eigenvalue weighted by atomic mass is 32.2. The summed E-state index contributed by atoms with van der Waals surface area (Å²) in [5.74, 6) is -1.86. The van der Waals surface area contributed by atoms with E-state index in [-0.39, 0.29) is 12.8 Å². The molecule has 1 aliphatic rings. The molecule has 10 heteroatoms. The van der Waals surface area contributed by atoms with Gasteiger partial charge in [0.2, 0.25) is 11.0 Å². The summed E-state index contributed by atoms with van der Waals surface area (Å²) >= 11 is 2.63. The highest BCUT2D eigenvalue weighted by Gasteiger charge is 2.43. The fourth-order valence-electron chi connectivity index (χ4n) is 3.07. The lowest BCUT2D eigenvalue weighted by Crippen LogP contribution is -2.34. The average molecular weight is 426 g/mol. The summed E-state index contributed by atoms with van der Waals surface area (Å²) in [6.07, 6.45) is -3.49. The summed E-state index contributed by atoms with van der Waals surface area (Å²) < 4.78 is 39.4. The number of amides is 1. The molecule has 0 unspecified atom stereocenters. The van der Waals surface area contributed by atoms with Gasteiger partial charge in [-0.1, -0.05) is 41.7 Å². The van der Waals surface area contributed by atoms with Crippen molar-refractivity contribution in [1.82, 2.24) is 10.2 Å². The van der Waals surface area contributed by atoms with E-state index in [0.717, 1.165) is 5.56 Å². The monoisotopic (exact) mass is 426 g/mol. The second kappa shape index (κ2) is 8.92. The van der Waals surface area contributed by atoms with E-state index in [9.17, 15) is 18.0 Å². The molecule has 1 N–H and O–H groups in total. The molecule has 1 heterocycles. The van der Waals surface area contributed by atoms with Crippen LogP contribution in [0.3, 0.4) is 0 Å². The maximum atomic E-state index is 12.9.